The lowest BCUT2D eigenvalue weighted by atomic mass is 10.1. The molecule has 1 aromatic heterocycles. The molecule has 2 aromatic rings. The van der Waals surface area contributed by atoms with Gasteiger partial charge in [-0.3, -0.25) is 9.48 Å². The van der Waals surface area contributed by atoms with Gasteiger partial charge >= 0.3 is 0 Å². The van der Waals surface area contributed by atoms with Crippen LogP contribution in [0, 0.1) is 24.5 Å². The van der Waals surface area contributed by atoms with Crippen LogP contribution < -0.4 is 0 Å². The molecule has 0 bridgehead atoms. The number of allylic oxidation sites excluding steroid dienone is 1. The Kier molecular flexibility index (Phi) is 5.31. The number of hydrogen-bond donors (Lipinski definition) is 0. The zero-order valence-electron chi connectivity index (χ0n) is 13.1. The number of halogens is 3. The molecular weight excluding hydrogens is 322 g/mol. The van der Waals surface area contributed by atoms with Crippen LogP contribution in [0.4, 0.5) is 8.78 Å². The maximum atomic E-state index is 13.6. The molecule has 0 aliphatic carbocycles. The van der Waals surface area contributed by atoms with Gasteiger partial charge in [-0.25, -0.2) is 8.78 Å². The van der Waals surface area contributed by atoms with E-state index in [1.807, 2.05) is 13.8 Å². The molecule has 0 aliphatic heterocycles. The predicted molar refractivity (Wildman–Crippen MR) is 86.5 cm³/mol. The smallest absolute Gasteiger partial charge is 0.191 e. The molecular formula is C17H17ClF2N2O. The van der Waals surface area contributed by atoms with Crippen molar-refractivity contribution in [2.75, 3.05) is 0 Å². The molecule has 2 rings (SSSR count). The number of carbonyl (C=O) groups excluding carboxylic acids is 1. The first-order chi connectivity index (χ1) is 10.8. The first-order valence-electron chi connectivity index (χ1n) is 7.20. The van der Waals surface area contributed by atoms with E-state index in [-0.39, 0.29) is 0 Å². The Morgan fingerprint density at radius 3 is 2.52 bits per heavy atom. The first kappa shape index (κ1) is 17.3. The highest BCUT2D eigenvalue weighted by molar-refractivity contribution is 6.31. The number of benzene rings is 1. The third kappa shape index (κ3) is 3.85. The lowest BCUT2D eigenvalue weighted by molar-refractivity contribution is 0.104. The van der Waals surface area contributed by atoms with Crippen molar-refractivity contribution in [2.24, 2.45) is 5.92 Å². The van der Waals surface area contributed by atoms with Crippen molar-refractivity contribution in [3.05, 3.63) is 57.9 Å². The summed E-state index contributed by atoms with van der Waals surface area (Å²) in [7, 11) is 0. The zero-order chi connectivity index (χ0) is 17.1. The highest BCUT2D eigenvalue weighted by Crippen LogP contribution is 2.23. The van der Waals surface area contributed by atoms with Gasteiger partial charge in [-0.05, 0) is 37.1 Å². The van der Waals surface area contributed by atoms with Crippen LogP contribution in [0.15, 0.2) is 24.3 Å². The molecule has 6 heteroatoms. The van der Waals surface area contributed by atoms with Crippen molar-refractivity contribution in [2.45, 2.75) is 27.3 Å². The van der Waals surface area contributed by atoms with Crippen LogP contribution in [0.2, 0.25) is 5.15 Å². The summed E-state index contributed by atoms with van der Waals surface area (Å²) < 4.78 is 28.8. The maximum absolute atomic E-state index is 13.6. The normalized spacial score (nSPS) is 11.6. The highest BCUT2D eigenvalue weighted by Gasteiger charge is 2.16. The molecule has 0 N–H and O–H groups in total. The van der Waals surface area contributed by atoms with Crippen molar-refractivity contribution in [3.63, 3.8) is 0 Å². The predicted octanol–water partition coefficient (Wildman–Crippen LogP) is 4.68. The van der Waals surface area contributed by atoms with Gasteiger partial charge < -0.3 is 0 Å². The van der Waals surface area contributed by atoms with Gasteiger partial charge in [-0.15, -0.1) is 0 Å². The summed E-state index contributed by atoms with van der Waals surface area (Å²) in [4.78, 5) is 12.0. The van der Waals surface area contributed by atoms with E-state index < -0.39 is 23.0 Å². The van der Waals surface area contributed by atoms with Gasteiger partial charge in [-0.2, -0.15) is 5.10 Å². The van der Waals surface area contributed by atoms with E-state index in [0.717, 1.165) is 18.2 Å². The van der Waals surface area contributed by atoms with E-state index in [1.54, 1.807) is 11.6 Å². The van der Waals surface area contributed by atoms with E-state index in [4.69, 9.17) is 11.6 Å². The lowest BCUT2D eigenvalue weighted by Crippen LogP contribution is -2.06. The van der Waals surface area contributed by atoms with Crippen molar-refractivity contribution in [1.82, 2.24) is 9.78 Å². The van der Waals surface area contributed by atoms with E-state index in [2.05, 4.69) is 5.10 Å². The summed E-state index contributed by atoms with van der Waals surface area (Å²) in [5.74, 6) is -2.18. The molecule has 0 saturated heterocycles. The molecule has 3 nitrogen and oxygen atoms in total. The summed E-state index contributed by atoms with van der Waals surface area (Å²) >= 11 is 6.26. The molecule has 1 heterocycles. The standard InChI is InChI=1S/C17H17ClF2N2O/c1-10(2)9-22-17(18)12(11(3)21-22)7-8-15(23)16-13(19)5-4-6-14(16)20/h4-8,10H,9H2,1-3H3/b8-7+. The fourth-order valence-electron chi connectivity index (χ4n) is 2.20. The summed E-state index contributed by atoms with van der Waals surface area (Å²) in [6.07, 6.45) is 2.55. The van der Waals surface area contributed by atoms with Crippen LogP contribution >= 0.6 is 11.6 Å². The van der Waals surface area contributed by atoms with Crippen molar-refractivity contribution >= 4 is 23.5 Å². The van der Waals surface area contributed by atoms with Gasteiger partial charge in [0, 0.05) is 12.1 Å². The molecule has 0 fully saturated rings. The van der Waals surface area contributed by atoms with Crippen molar-refractivity contribution in [3.8, 4) is 0 Å². The van der Waals surface area contributed by atoms with Crippen LogP contribution in [0.5, 0.6) is 0 Å². The summed E-state index contributed by atoms with van der Waals surface area (Å²) in [5, 5.41) is 4.71. The van der Waals surface area contributed by atoms with E-state index in [0.29, 0.717) is 28.9 Å². The highest BCUT2D eigenvalue weighted by atomic mass is 35.5. The number of aromatic nitrogens is 2. The average molecular weight is 339 g/mol. The minimum absolute atomic E-state index is 0.359. The molecule has 0 aliphatic rings. The fourth-order valence-corrected chi connectivity index (χ4v) is 2.51. The van der Waals surface area contributed by atoms with Gasteiger partial charge in [0.1, 0.15) is 16.8 Å². The van der Waals surface area contributed by atoms with E-state index in [1.165, 1.54) is 12.1 Å². The third-order valence-electron chi connectivity index (χ3n) is 3.26. The maximum Gasteiger partial charge on any atom is 0.191 e. The number of hydrogen-bond acceptors (Lipinski definition) is 2. The second kappa shape index (κ2) is 7.04. The number of rotatable bonds is 5. The lowest BCUT2D eigenvalue weighted by Gasteiger charge is -2.05. The summed E-state index contributed by atoms with van der Waals surface area (Å²) in [6.45, 7) is 6.47. The molecule has 0 amide bonds. The Labute approximate surface area is 138 Å². The summed E-state index contributed by atoms with van der Waals surface area (Å²) in [6, 6.07) is 3.30. The monoisotopic (exact) mass is 338 g/mol. The molecule has 122 valence electrons. The van der Waals surface area contributed by atoms with E-state index in [9.17, 15) is 13.6 Å². The zero-order valence-corrected chi connectivity index (χ0v) is 13.9. The average Bonchev–Trinajstić information content (AvgIpc) is 2.70. The number of aryl methyl sites for hydroxylation is 1. The van der Waals surface area contributed by atoms with Gasteiger partial charge in [0.2, 0.25) is 0 Å². The quantitative estimate of drug-likeness (QED) is 0.586. The fraction of sp³-hybridized carbons (Fsp3) is 0.294. The molecule has 23 heavy (non-hydrogen) atoms. The van der Waals surface area contributed by atoms with Crippen LogP contribution in [0.25, 0.3) is 6.08 Å². The largest absolute Gasteiger partial charge is 0.289 e. The SMILES string of the molecule is Cc1nn(CC(C)C)c(Cl)c1/C=C/C(=O)c1c(F)cccc1F. The Hall–Kier alpha value is -2.01. The minimum Gasteiger partial charge on any atom is -0.289 e. The van der Waals surface area contributed by atoms with Gasteiger partial charge in [0.05, 0.1) is 11.3 Å². The molecule has 0 spiro atoms. The first-order valence-corrected chi connectivity index (χ1v) is 7.58. The molecule has 0 unspecified atom stereocenters. The molecule has 0 atom stereocenters. The number of nitrogens with zero attached hydrogens (tertiary/aromatic N) is 2. The Morgan fingerprint density at radius 2 is 1.96 bits per heavy atom. The topological polar surface area (TPSA) is 34.9 Å². The van der Waals surface area contributed by atoms with Crippen LogP contribution in [-0.2, 0) is 6.54 Å². The molecule has 1 aromatic carbocycles. The van der Waals surface area contributed by atoms with Gasteiger partial charge in [-0.1, -0.05) is 31.5 Å². The van der Waals surface area contributed by atoms with Crippen molar-refractivity contribution in [1.29, 1.82) is 0 Å². The summed E-state index contributed by atoms with van der Waals surface area (Å²) in [5.41, 5.74) is 0.637. The van der Waals surface area contributed by atoms with Crippen molar-refractivity contribution < 1.29 is 13.6 Å². The third-order valence-corrected chi connectivity index (χ3v) is 3.66. The van der Waals surface area contributed by atoms with Crippen LogP contribution in [0.1, 0.15) is 35.5 Å². The molecule has 0 radical (unpaired) electrons. The van der Waals surface area contributed by atoms with Gasteiger partial charge in [0.15, 0.2) is 5.78 Å². The number of ketones is 1. The second-order valence-corrected chi connectivity index (χ2v) is 6.02. The van der Waals surface area contributed by atoms with Gasteiger partial charge in [0.25, 0.3) is 0 Å². The van der Waals surface area contributed by atoms with Crippen LogP contribution in [0.3, 0.4) is 0 Å². The Balaban J connectivity index is 2.30. The Bertz CT molecular complexity index is 746. The minimum atomic E-state index is -0.891. The number of carbonyl (C=O) groups is 1. The molecule has 0 saturated carbocycles. The second-order valence-electron chi connectivity index (χ2n) is 5.66. The van der Waals surface area contributed by atoms with E-state index >= 15 is 0 Å². The van der Waals surface area contributed by atoms with Crippen LogP contribution in [-0.4, -0.2) is 15.6 Å². The Morgan fingerprint density at radius 1 is 1.35 bits per heavy atom.